The van der Waals surface area contributed by atoms with E-state index in [1.165, 1.54) is 12.1 Å². The first-order chi connectivity index (χ1) is 12.9. The van der Waals surface area contributed by atoms with Gasteiger partial charge in [-0.1, -0.05) is 12.1 Å². The zero-order valence-corrected chi connectivity index (χ0v) is 14.2. The van der Waals surface area contributed by atoms with Gasteiger partial charge in [-0.3, -0.25) is 4.79 Å². The number of nitrogens with zero attached hydrogens (tertiary/aromatic N) is 1. The molecule has 0 unspecified atom stereocenters. The van der Waals surface area contributed by atoms with Crippen molar-refractivity contribution >= 4 is 5.91 Å². The largest absolute Gasteiger partial charge is 0.497 e. The average molecular weight is 376 g/mol. The van der Waals surface area contributed by atoms with Crippen molar-refractivity contribution in [2.75, 3.05) is 7.11 Å². The molecular weight excluding hydrogens is 361 g/mol. The first kappa shape index (κ1) is 18.5. The lowest BCUT2D eigenvalue weighted by atomic mass is 10.1. The molecule has 0 aliphatic carbocycles. The minimum atomic E-state index is -4.42. The smallest absolute Gasteiger partial charge is 0.416 e. The zero-order chi connectivity index (χ0) is 19.4. The SMILES string of the molecule is COc1ccc(CNC(=O)c2coc(-c3ccc(C(F)(F)F)cc3)n2)cc1. The highest BCUT2D eigenvalue weighted by atomic mass is 19.4. The average Bonchev–Trinajstić information content (AvgIpc) is 3.16. The predicted molar refractivity (Wildman–Crippen MR) is 91.1 cm³/mol. The fourth-order valence-electron chi connectivity index (χ4n) is 2.33. The molecule has 1 aromatic heterocycles. The van der Waals surface area contributed by atoms with Crippen molar-refractivity contribution in [2.45, 2.75) is 12.7 Å². The Balaban J connectivity index is 1.64. The molecule has 1 N–H and O–H groups in total. The summed E-state index contributed by atoms with van der Waals surface area (Å²) in [6.07, 6.45) is -3.25. The topological polar surface area (TPSA) is 64.4 Å². The van der Waals surface area contributed by atoms with E-state index in [9.17, 15) is 18.0 Å². The van der Waals surface area contributed by atoms with Crippen LogP contribution in [0.15, 0.2) is 59.2 Å². The third-order valence-electron chi connectivity index (χ3n) is 3.81. The van der Waals surface area contributed by atoms with E-state index in [4.69, 9.17) is 9.15 Å². The molecule has 0 spiro atoms. The monoisotopic (exact) mass is 376 g/mol. The Bertz CT molecular complexity index is 917. The van der Waals surface area contributed by atoms with Crippen LogP contribution in [0.1, 0.15) is 21.6 Å². The third kappa shape index (κ3) is 4.46. The molecule has 0 saturated heterocycles. The molecule has 0 saturated carbocycles. The Kier molecular flexibility index (Phi) is 5.16. The maximum Gasteiger partial charge on any atom is 0.416 e. The summed E-state index contributed by atoms with van der Waals surface area (Å²) in [6.45, 7) is 0.283. The summed E-state index contributed by atoms with van der Waals surface area (Å²) in [7, 11) is 1.57. The number of nitrogens with one attached hydrogen (secondary N) is 1. The highest BCUT2D eigenvalue weighted by Gasteiger charge is 2.30. The van der Waals surface area contributed by atoms with Gasteiger partial charge in [0, 0.05) is 12.1 Å². The van der Waals surface area contributed by atoms with E-state index in [0.29, 0.717) is 11.3 Å². The van der Waals surface area contributed by atoms with Crippen molar-refractivity contribution in [3.05, 3.63) is 71.6 Å². The summed E-state index contributed by atoms with van der Waals surface area (Å²) in [6, 6.07) is 11.5. The second-order valence-corrected chi connectivity index (χ2v) is 5.64. The summed E-state index contributed by atoms with van der Waals surface area (Å²) >= 11 is 0. The number of methoxy groups -OCH3 is 1. The van der Waals surface area contributed by atoms with Gasteiger partial charge in [-0.2, -0.15) is 13.2 Å². The van der Waals surface area contributed by atoms with E-state index >= 15 is 0 Å². The molecule has 140 valence electrons. The van der Waals surface area contributed by atoms with Gasteiger partial charge >= 0.3 is 6.18 Å². The van der Waals surface area contributed by atoms with Gasteiger partial charge in [-0.25, -0.2) is 4.98 Å². The lowest BCUT2D eigenvalue weighted by Gasteiger charge is -2.06. The minimum Gasteiger partial charge on any atom is -0.497 e. The van der Waals surface area contributed by atoms with Crippen molar-refractivity contribution < 1.29 is 27.1 Å². The molecule has 3 aromatic rings. The van der Waals surface area contributed by atoms with E-state index in [1.54, 1.807) is 19.2 Å². The van der Waals surface area contributed by atoms with Crippen molar-refractivity contribution in [1.82, 2.24) is 10.3 Å². The number of amides is 1. The summed E-state index contributed by atoms with van der Waals surface area (Å²) in [5.74, 6) is 0.328. The first-order valence-electron chi connectivity index (χ1n) is 7.91. The molecule has 0 aliphatic rings. The zero-order valence-electron chi connectivity index (χ0n) is 14.2. The first-order valence-corrected chi connectivity index (χ1v) is 7.91. The predicted octanol–water partition coefficient (Wildman–Crippen LogP) is 4.30. The van der Waals surface area contributed by atoms with Crippen LogP contribution in [0.5, 0.6) is 5.75 Å². The maximum absolute atomic E-state index is 12.6. The molecule has 8 heteroatoms. The van der Waals surface area contributed by atoms with Crippen LogP contribution in [-0.2, 0) is 12.7 Å². The lowest BCUT2D eigenvalue weighted by Crippen LogP contribution is -2.23. The van der Waals surface area contributed by atoms with Gasteiger partial charge in [0.1, 0.15) is 12.0 Å². The Morgan fingerprint density at radius 3 is 2.37 bits per heavy atom. The summed E-state index contributed by atoms with van der Waals surface area (Å²) in [5, 5.41) is 2.70. The summed E-state index contributed by atoms with van der Waals surface area (Å²) < 4.78 is 48.1. The number of carbonyl (C=O) groups excluding carboxylic acids is 1. The highest BCUT2D eigenvalue weighted by molar-refractivity contribution is 5.92. The quantitative estimate of drug-likeness (QED) is 0.721. The molecule has 1 heterocycles. The van der Waals surface area contributed by atoms with Gasteiger partial charge in [-0.05, 0) is 42.0 Å². The number of benzene rings is 2. The molecule has 0 fully saturated rings. The van der Waals surface area contributed by atoms with E-state index in [0.717, 1.165) is 24.0 Å². The molecule has 0 atom stereocenters. The molecule has 27 heavy (non-hydrogen) atoms. The van der Waals surface area contributed by atoms with Crippen molar-refractivity contribution in [3.8, 4) is 17.2 Å². The number of oxazole rings is 1. The number of aromatic nitrogens is 1. The van der Waals surface area contributed by atoms with Crippen LogP contribution in [0, 0.1) is 0 Å². The summed E-state index contributed by atoms with van der Waals surface area (Å²) in [5.41, 5.74) is 0.487. The molecule has 3 rings (SSSR count). The standard InChI is InChI=1S/C19H15F3N2O3/c1-26-15-8-2-12(3-9-15)10-23-17(25)16-11-27-18(24-16)13-4-6-14(7-5-13)19(20,21)22/h2-9,11H,10H2,1H3,(H,23,25). The lowest BCUT2D eigenvalue weighted by molar-refractivity contribution is -0.137. The Hall–Kier alpha value is -3.29. The van der Waals surface area contributed by atoms with Crippen molar-refractivity contribution in [1.29, 1.82) is 0 Å². The molecular formula is C19H15F3N2O3. The van der Waals surface area contributed by atoms with Gasteiger partial charge in [0.05, 0.1) is 12.7 Å². The number of rotatable bonds is 5. The number of halogens is 3. The van der Waals surface area contributed by atoms with Gasteiger partial charge < -0.3 is 14.5 Å². The van der Waals surface area contributed by atoms with E-state index < -0.39 is 17.6 Å². The van der Waals surface area contributed by atoms with Gasteiger partial charge in [-0.15, -0.1) is 0 Å². The van der Waals surface area contributed by atoms with Crippen LogP contribution in [0.25, 0.3) is 11.5 Å². The molecule has 0 radical (unpaired) electrons. The van der Waals surface area contributed by atoms with Gasteiger partial charge in [0.2, 0.25) is 5.89 Å². The summed E-state index contributed by atoms with van der Waals surface area (Å²) in [4.78, 5) is 16.2. The number of carbonyl (C=O) groups is 1. The molecule has 0 bridgehead atoms. The van der Waals surface area contributed by atoms with Crippen LogP contribution in [-0.4, -0.2) is 18.0 Å². The number of hydrogen-bond acceptors (Lipinski definition) is 4. The molecule has 5 nitrogen and oxygen atoms in total. The van der Waals surface area contributed by atoms with Gasteiger partial charge in [0.15, 0.2) is 5.69 Å². The molecule has 1 amide bonds. The number of ether oxygens (including phenoxy) is 1. The Morgan fingerprint density at radius 2 is 1.78 bits per heavy atom. The second-order valence-electron chi connectivity index (χ2n) is 5.64. The van der Waals surface area contributed by atoms with E-state index in [2.05, 4.69) is 10.3 Å². The Labute approximate surface area is 152 Å². The normalized spacial score (nSPS) is 11.3. The number of hydrogen-bond donors (Lipinski definition) is 1. The maximum atomic E-state index is 12.6. The van der Waals surface area contributed by atoms with Gasteiger partial charge in [0.25, 0.3) is 5.91 Å². The number of alkyl halides is 3. The van der Waals surface area contributed by atoms with Crippen LogP contribution < -0.4 is 10.1 Å². The van der Waals surface area contributed by atoms with Crippen LogP contribution in [0.2, 0.25) is 0 Å². The fourth-order valence-corrected chi connectivity index (χ4v) is 2.33. The second kappa shape index (κ2) is 7.53. The van der Waals surface area contributed by atoms with Crippen molar-refractivity contribution in [3.63, 3.8) is 0 Å². The third-order valence-corrected chi connectivity index (χ3v) is 3.81. The highest BCUT2D eigenvalue weighted by Crippen LogP contribution is 2.30. The van der Waals surface area contributed by atoms with Crippen LogP contribution in [0.3, 0.4) is 0 Å². The Morgan fingerprint density at radius 1 is 1.11 bits per heavy atom. The minimum absolute atomic E-state index is 0.0402. The molecule has 2 aromatic carbocycles. The van der Waals surface area contributed by atoms with Crippen LogP contribution >= 0.6 is 0 Å². The van der Waals surface area contributed by atoms with E-state index in [-0.39, 0.29) is 18.1 Å². The van der Waals surface area contributed by atoms with E-state index in [1.807, 2.05) is 12.1 Å². The fraction of sp³-hybridized carbons (Fsp3) is 0.158. The van der Waals surface area contributed by atoms with Crippen molar-refractivity contribution in [2.24, 2.45) is 0 Å². The van der Waals surface area contributed by atoms with Crippen LogP contribution in [0.4, 0.5) is 13.2 Å². The molecule has 0 aliphatic heterocycles.